The first-order valence-electron chi connectivity index (χ1n) is 12.1. The Morgan fingerprint density at radius 3 is 2.63 bits per heavy atom. The third-order valence-corrected chi connectivity index (χ3v) is 6.70. The zero-order valence-corrected chi connectivity index (χ0v) is 19.5. The molecule has 184 valence electrons. The Balaban J connectivity index is 1.36. The van der Waals surface area contributed by atoms with Gasteiger partial charge in [0.15, 0.2) is 0 Å². The van der Waals surface area contributed by atoms with Crippen LogP contribution in [0.25, 0.3) is 10.9 Å². The molecule has 2 fully saturated rings. The first-order chi connectivity index (χ1) is 17.1. The van der Waals surface area contributed by atoms with E-state index >= 15 is 0 Å². The van der Waals surface area contributed by atoms with E-state index in [0.29, 0.717) is 22.7 Å². The Labute approximate surface area is 202 Å². The first kappa shape index (κ1) is 23.0. The van der Waals surface area contributed by atoms with Gasteiger partial charge in [0.2, 0.25) is 5.95 Å². The van der Waals surface area contributed by atoms with Crippen molar-refractivity contribution < 1.29 is 9.90 Å². The van der Waals surface area contributed by atoms with Gasteiger partial charge in [0.1, 0.15) is 16.7 Å². The van der Waals surface area contributed by atoms with Crippen LogP contribution in [0.1, 0.15) is 25.7 Å². The second-order valence-corrected chi connectivity index (χ2v) is 9.12. The lowest BCUT2D eigenvalue weighted by Gasteiger charge is -2.33. The molecule has 2 aliphatic heterocycles. The second-order valence-electron chi connectivity index (χ2n) is 9.12. The highest BCUT2D eigenvalue weighted by Crippen LogP contribution is 2.28. The van der Waals surface area contributed by atoms with Crippen molar-refractivity contribution in [2.75, 3.05) is 54.4 Å². The van der Waals surface area contributed by atoms with Crippen molar-refractivity contribution in [2.45, 2.75) is 25.7 Å². The predicted molar refractivity (Wildman–Crippen MR) is 135 cm³/mol. The first-order valence-corrected chi connectivity index (χ1v) is 12.1. The van der Waals surface area contributed by atoms with Crippen molar-refractivity contribution in [1.82, 2.24) is 25.5 Å². The summed E-state index contributed by atoms with van der Waals surface area (Å²) in [5.41, 5.74) is 2.07. The number of carbonyl (C=O) groups is 1. The number of aliphatic carboxylic acids is 1. The van der Waals surface area contributed by atoms with Crippen LogP contribution >= 0.6 is 0 Å². The molecular formula is C24H30N8O3. The molecule has 0 radical (unpaired) electrons. The second kappa shape index (κ2) is 10.3. The van der Waals surface area contributed by atoms with E-state index in [9.17, 15) is 9.59 Å². The number of anilines is 4. The van der Waals surface area contributed by atoms with Gasteiger partial charge in [-0.05, 0) is 56.0 Å². The van der Waals surface area contributed by atoms with Crippen molar-refractivity contribution in [1.29, 1.82) is 0 Å². The number of rotatable bonds is 6. The van der Waals surface area contributed by atoms with Crippen molar-refractivity contribution in [3.05, 3.63) is 40.8 Å². The maximum atomic E-state index is 12.6. The van der Waals surface area contributed by atoms with Crippen LogP contribution in [-0.2, 0) is 4.79 Å². The minimum atomic E-state index is -0.721. The molecule has 35 heavy (non-hydrogen) atoms. The van der Waals surface area contributed by atoms with E-state index in [0.717, 1.165) is 69.9 Å². The fourth-order valence-electron chi connectivity index (χ4n) is 4.80. The number of hydrogen-bond donors (Lipinski definition) is 4. The van der Waals surface area contributed by atoms with Gasteiger partial charge >= 0.3 is 5.97 Å². The number of benzene rings is 1. The molecule has 3 aromatic rings. The Morgan fingerprint density at radius 1 is 1.06 bits per heavy atom. The van der Waals surface area contributed by atoms with E-state index in [2.05, 4.69) is 35.6 Å². The molecule has 2 aliphatic rings. The van der Waals surface area contributed by atoms with E-state index < -0.39 is 5.97 Å². The monoisotopic (exact) mass is 478 g/mol. The molecular weight excluding hydrogens is 448 g/mol. The number of fused-ring (bicyclic) bond motifs is 1. The predicted octanol–water partition coefficient (Wildman–Crippen LogP) is 1.95. The lowest BCUT2D eigenvalue weighted by Crippen LogP contribution is -2.34. The molecule has 0 unspecified atom stereocenters. The van der Waals surface area contributed by atoms with Gasteiger partial charge in [-0.15, -0.1) is 0 Å². The largest absolute Gasteiger partial charge is 0.481 e. The molecule has 11 nitrogen and oxygen atoms in total. The van der Waals surface area contributed by atoms with Gasteiger partial charge in [-0.1, -0.05) is 0 Å². The summed E-state index contributed by atoms with van der Waals surface area (Å²) >= 11 is 0. The molecule has 4 N–H and O–H groups in total. The summed E-state index contributed by atoms with van der Waals surface area (Å²) < 4.78 is 0. The quantitative estimate of drug-likeness (QED) is 0.416. The highest BCUT2D eigenvalue weighted by atomic mass is 16.4. The Hall–Kier alpha value is -3.73. The van der Waals surface area contributed by atoms with Crippen LogP contribution in [0.2, 0.25) is 0 Å². The molecule has 5 rings (SSSR count). The number of H-pyrrole nitrogens is 1. The summed E-state index contributed by atoms with van der Waals surface area (Å²) in [6, 6.07) is 8.02. The van der Waals surface area contributed by atoms with E-state index in [1.165, 1.54) is 0 Å². The van der Waals surface area contributed by atoms with Gasteiger partial charge in [-0.25, -0.2) is 10.1 Å². The smallest absolute Gasteiger partial charge is 0.303 e. The van der Waals surface area contributed by atoms with Crippen LogP contribution in [0.15, 0.2) is 35.3 Å². The van der Waals surface area contributed by atoms with Crippen molar-refractivity contribution in [3.63, 3.8) is 0 Å². The molecule has 1 aromatic carbocycles. The Kier molecular flexibility index (Phi) is 6.75. The summed E-state index contributed by atoms with van der Waals surface area (Å²) in [6.45, 7) is 5.13. The number of hydrogen-bond acceptors (Lipinski definition) is 9. The maximum absolute atomic E-state index is 12.6. The van der Waals surface area contributed by atoms with E-state index in [4.69, 9.17) is 10.1 Å². The van der Waals surface area contributed by atoms with Crippen molar-refractivity contribution >= 4 is 40.0 Å². The van der Waals surface area contributed by atoms with Crippen LogP contribution in [0.4, 0.5) is 23.1 Å². The van der Waals surface area contributed by atoms with Crippen LogP contribution in [-0.4, -0.2) is 70.5 Å². The number of carboxylic acid groups (broad SMARTS) is 1. The minimum Gasteiger partial charge on any atom is -0.481 e. The molecule has 0 spiro atoms. The van der Waals surface area contributed by atoms with E-state index in [1.807, 2.05) is 24.3 Å². The summed E-state index contributed by atoms with van der Waals surface area (Å²) in [4.78, 5) is 37.3. The molecule has 0 aliphatic carbocycles. The average Bonchev–Trinajstić information content (AvgIpc) is 3.14. The molecule has 2 aromatic heterocycles. The SMILES string of the molecule is O=C(O)CC1CCN(c2ccc(Nc3nc(N4CCCNCC4)nc4cn[nH]c(=O)c34)cc2)CC1. The molecule has 4 heterocycles. The van der Waals surface area contributed by atoms with Crippen LogP contribution in [0, 0.1) is 5.92 Å². The lowest BCUT2D eigenvalue weighted by molar-refractivity contribution is -0.138. The zero-order chi connectivity index (χ0) is 24.2. The van der Waals surface area contributed by atoms with Crippen LogP contribution in [0.5, 0.6) is 0 Å². The van der Waals surface area contributed by atoms with E-state index in [-0.39, 0.29) is 17.9 Å². The van der Waals surface area contributed by atoms with Crippen molar-refractivity contribution in [3.8, 4) is 0 Å². The number of piperidine rings is 1. The number of carboxylic acids is 1. The topological polar surface area (TPSA) is 139 Å². The highest BCUT2D eigenvalue weighted by molar-refractivity contribution is 5.90. The van der Waals surface area contributed by atoms with Gasteiger partial charge in [-0.3, -0.25) is 9.59 Å². The third-order valence-electron chi connectivity index (χ3n) is 6.70. The summed E-state index contributed by atoms with van der Waals surface area (Å²) in [6.07, 6.45) is 4.55. The molecule has 0 saturated carbocycles. The lowest BCUT2D eigenvalue weighted by atomic mass is 9.93. The van der Waals surface area contributed by atoms with Gasteiger partial charge in [-0.2, -0.15) is 10.1 Å². The fraction of sp³-hybridized carbons (Fsp3) is 0.458. The number of aromatic amines is 1. The Morgan fingerprint density at radius 2 is 1.86 bits per heavy atom. The molecule has 2 saturated heterocycles. The van der Waals surface area contributed by atoms with Gasteiger partial charge < -0.3 is 25.5 Å². The normalized spacial score (nSPS) is 17.4. The average molecular weight is 479 g/mol. The molecule has 0 amide bonds. The molecule has 0 bridgehead atoms. The van der Waals surface area contributed by atoms with Crippen molar-refractivity contribution in [2.24, 2.45) is 5.92 Å². The number of aromatic nitrogens is 4. The summed E-state index contributed by atoms with van der Waals surface area (Å²) in [5, 5.41) is 22.5. The van der Waals surface area contributed by atoms with E-state index in [1.54, 1.807) is 6.20 Å². The highest BCUT2D eigenvalue weighted by Gasteiger charge is 2.22. The van der Waals surface area contributed by atoms with Crippen LogP contribution < -0.4 is 26.0 Å². The number of nitrogens with one attached hydrogen (secondary N) is 3. The molecule has 0 atom stereocenters. The summed E-state index contributed by atoms with van der Waals surface area (Å²) in [7, 11) is 0. The fourth-order valence-corrected chi connectivity index (χ4v) is 4.80. The summed E-state index contributed by atoms with van der Waals surface area (Å²) in [5.74, 6) is 0.559. The standard InChI is InChI=1S/C24H30N8O3/c33-20(34)14-16-6-11-31(12-7-16)18-4-2-17(3-5-18)27-22-21-19(15-26-30-23(21)35)28-24(29-22)32-10-1-8-25-9-13-32/h2-5,15-16,25H,1,6-14H2,(H,30,35)(H,33,34)(H,27,28,29). The minimum absolute atomic E-state index is 0.244. The third kappa shape index (κ3) is 5.35. The number of nitrogens with zero attached hydrogens (tertiary/aromatic N) is 5. The zero-order valence-electron chi connectivity index (χ0n) is 19.5. The molecule has 11 heteroatoms. The van der Waals surface area contributed by atoms with Gasteiger partial charge in [0.05, 0.1) is 6.20 Å². The van der Waals surface area contributed by atoms with Gasteiger partial charge in [0.25, 0.3) is 5.56 Å². The maximum Gasteiger partial charge on any atom is 0.303 e. The van der Waals surface area contributed by atoms with Crippen LogP contribution in [0.3, 0.4) is 0 Å². The Bertz CT molecular complexity index is 1230. The van der Waals surface area contributed by atoms with Gasteiger partial charge in [0, 0.05) is 50.5 Å².